The molecule has 3 nitrogen and oxygen atoms in total. The van der Waals surface area contributed by atoms with E-state index in [1.807, 2.05) is 18.7 Å². The lowest BCUT2D eigenvalue weighted by molar-refractivity contribution is 0.263. The van der Waals surface area contributed by atoms with E-state index < -0.39 is 0 Å². The number of likely N-dealkylation sites (tertiary alicyclic amines) is 1. The summed E-state index contributed by atoms with van der Waals surface area (Å²) in [5, 5.41) is 0. The molecule has 0 spiro atoms. The second-order valence-corrected chi connectivity index (χ2v) is 6.98. The fourth-order valence-electron chi connectivity index (χ4n) is 3.71. The molecule has 1 saturated heterocycles. The smallest absolute Gasteiger partial charge is 0.0949 e. The Morgan fingerprint density at radius 2 is 1.80 bits per heavy atom. The Bertz CT molecular complexity index is 800. The number of benzene rings is 2. The Hall–Kier alpha value is -2.39. The highest BCUT2D eigenvalue weighted by atomic mass is 15.2. The molecule has 0 aliphatic carbocycles. The molecule has 2 aromatic carbocycles. The van der Waals surface area contributed by atoms with Crippen LogP contribution in [0.3, 0.4) is 0 Å². The lowest BCUT2D eigenvalue weighted by Gasteiger charge is -2.24. The zero-order valence-electron chi connectivity index (χ0n) is 14.8. The van der Waals surface area contributed by atoms with Crippen LogP contribution in [0.15, 0.2) is 67.3 Å². The van der Waals surface area contributed by atoms with Crippen LogP contribution in [0.5, 0.6) is 0 Å². The van der Waals surface area contributed by atoms with Crippen LogP contribution < -0.4 is 0 Å². The van der Waals surface area contributed by atoms with Crippen molar-refractivity contribution in [2.45, 2.75) is 32.4 Å². The third-order valence-corrected chi connectivity index (χ3v) is 5.27. The van der Waals surface area contributed by atoms with Crippen molar-refractivity contribution in [3.63, 3.8) is 0 Å². The molecule has 0 N–H and O–H groups in total. The molecular weight excluding hydrogens is 306 g/mol. The van der Waals surface area contributed by atoms with Crippen molar-refractivity contribution in [1.29, 1.82) is 0 Å². The van der Waals surface area contributed by atoms with Crippen LogP contribution in [0.4, 0.5) is 0 Å². The minimum absolute atomic E-state index is 0.503. The second kappa shape index (κ2) is 7.24. The Labute approximate surface area is 149 Å². The summed E-state index contributed by atoms with van der Waals surface area (Å²) in [5.41, 5.74) is 5.30. The molecule has 0 saturated carbocycles. The number of hydrogen-bond acceptors (Lipinski definition) is 2. The van der Waals surface area contributed by atoms with Gasteiger partial charge in [-0.2, -0.15) is 0 Å². The largest absolute Gasteiger partial charge is 0.333 e. The summed E-state index contributed by atoms with van der Waals surface area (Å²) in [6.45, 7) is 5.66. The van der Waals surface area contributed by atoms with Crippen LogP contribution in [-0.4, -0.2) is 27.5 Å². The number of nitrogens with zero attached hydrogens (tertiary/aromatic N) is 3. The second-order valence-electron chi connectivity index (χ2n) is 6.98. The third kappa shape index (κ3) is 3.67. The lowest BCUT2D eigenvalue weighted by Crippen LogP contribution is -2.23. The zero-order chi connectivity index (χ0) is 17.1. The molecule has 25 heavy (non-hydrogen) atoms. The van der Waals surface area contributed by atoms with Crippen LogP contribution >= 0.6 is 0 Å². The fourth-order valence-corrected chi connectivity index (χ4v) is 3.71. The Balaban J connectivity index is 1.52. The molecule has 1 atom stereocenters. The van der Waals surface area contributed by atoms with E-state index >= 15 is 0 Å². The van der Waals surface area contributed by atoms with Gasteiger partial charge < -0.3 is 4.57 Å². The SMILES string of the molecule is C[C@@H](c1cccc(-c2ccc(Cn3ccnc3)cc2)c1)N1CCCC1. The van der Waals surface area contributed by atoms with Gasteiger partial charge >= 0.3 is 0 Å². The van der Waals surface area contributed by atoms with Crippen molar-refractivity contribution in [1.82, 2.24) is 14.5 Å². The van der Waals surface area contributed by atoms with Gasteiger partial charge in [0.25, 0.3) is 0 Å². The molecule has 0 bridgehead atoms. The summed E-state index contributed by atoms with van der Waals surface area (Å²) in [6, 6.07) is 18.4. The minimum Gasteiger partial charge on any atom is -0.333 e. The first-order chi connectivity index (χ1) is 12.3. The van der Waals surface area contributed by atoms with Gasteiger partial charge in [0.1, 0.15) is 0 Å². The van der Waals surface area contributed by atoms with E-state index in [1.165, 1.54) is 48.2 Å². The van der Waals surface area contributed by atoms with E-state index in [2.05, 4.69) is 69.9 Å². The normalized spacial score (nSPS) is 16.2. The average molecular weight is 331 g/mol. The predicted octanol–water partition coefficient (Wildman–Crippen LogP) is 4.76. The average Bonchev–Trinajstić information content (AvgIpc) is 3.36. The van der Waals surface area contributed by atoms with Crippen LogP contribution in [0, 0.1) is 0 Å². The van der Waals surface area contributed by atoms with E-state index in [-0.39, 0.29) is 0 Å². The molecule has 1 fully saturated rings. The van der Waals surface area contributed by atoms with Crippen LogP contribution in [0.2, 0.25) is 0 Å². The van der Waals surface area contributed by atoms with Crippen LogP contribution in [0.1, 0.15) is 36.9 Å². The summed E-state index contributed by atoms with van der Waals surface area (Å²) in [6.07, 6.45) is 8.35. The van der Waals surface area contributed by atoms with Gasteiger partial charge in [0.2, 0.25) is 0 Å². The topological polar surface area (TPSA) is 21.1 Å². The van der Waals surface area contributed by atoms with E-state index in [4.69, 9.17) is 0 Å². The number of hydrogen-bond donors (Lipinski definition) is 0. The van der Waals surface area contributed by atoms with Crippen molar-refractivity contribution in [2.24, 2.45) is 0 Å². The van der Waals surface area contributed by atoms with E-state index in [0.717, 1.165) is 6.54 Å². The standard InChI is InChI=1S/C22H25N3/c1-18(25-12-2-3-13-25)21-5-4-6-22(15-21)20-9-7-19(8-10-20)16-24-14-11-23-17-24/h4-11,14-15,17-18H,2-3,12-13,16H2,1H3/t18-/m0/s1. The summed E-state index contributed by atoms with van der Waals surface area (Å²) in [7, 11) is 0. The first kappa shape index (κ1) is 16.1. The monoisotopic (exact) mass is 331 g/mol. The highest BCUT2D eigenvalue weighted by molar-refractivity contribution is 5.64. The fraction of sp³-hybridized carbons (Fsp3) is 0.318. The lowest BCUT2D eigenvalue weighted by atomic mass is 9.99. The summed E-state index contributed by atoms with van der Waals surface area (Å²) >= 11 is 0. The Morgan fingerprint density at radius 1 is 1.00 bits per heavy atom. The summed E-state index contributed by atoms with van der Waals surface area (Å²) < 4.78 is 2.09. The van der Waals surface area contributed by atoms with Gasteiger partial charge in [-0.1, -0.05) is 42.5 Å². The molecule has 3 aromatic rings. The van der Waals surface area contributed by atoms with Crippen molar-refractivity contribution in [3.8, 4) is 11.1 Å². The van der Waals surface area contributed by atoms with Gasteiger partial charge in [0.05, 0.1) is 6.33 Å². The highest BCUT2D eigenvalue weighted by Crippen LogP contribution is 2.28. The van der Waals surface area contributed by atoms with Gasteiger partial charge in [-0.3, -0.25) is 4.90 Å². The maximum atomic E-state index is 4.10. The number of rotatable bonds is 5. The first-order valence-electron chi connectivity index (χ1n) is 9.19. The van der Waals surface area contributed by atoms with Gasteiger partial charge in [-0.15, -0.1) is 0 Å². The van der Waals surface area contributed by atoms with Crippen molar-refractivity contribution >= 4 is 0 Å². The van der Waals surface area contributed by atoms with Crippen molar-refractivity contribution < 1.29 is 0 Å². The molecule has 1 aliphatic rings. The Morgan fingerprint density at radius 3 is 2.52 bits per heavy atom. The molecule has 1 aliphatic heterocycles. The molecule has 0 unspecified atom stereocenters. The van der Waals surface area contributed by atoms with Gasteiger partial charge in [0.15, 0.2) is 0 Å². The van der Waals surface area contributed by atoms with E-state index in [9.17, 15) is 0 Å². The van der Waals surface area contributed by atoms with Crippen molar-refractivity contribution in [3.05, 3.63) is 78.4 Å². The van der Waals surface area contributed by atoms with Gasteiger partial charge in [-0.25, -0.2) is 4.98 Å². The van der Waals surface area contributed by atoms with Gasteiger partial charge in [-0.05, 0) is 61.2 Å². The van der Waals surface area contributed by atoms with E-state index in [0.29, 0.717) is 6.04 Å². The molecule has 2 heterocycles. The zero-order valence-corrected chi connectivity index (χ0v) is 14.8. The van der Waals surface area contributed by atoms with Crippen LogP contribution in [0.25, 0.3) is 11.1 Å². The van der Waals surface area contributed by atoms with Gasteiger partial charge in [0, 0.05) is 25.0 Å². The predicted molar refractivity (Wildman–Crippen MR) is 102 cm³/mol. The maximum Gasteiger partial charge on any atom is 0.0949 e. The molecular formula is C22H25N3. The number of aromatic nitrogens is 2. The number of imidazole rings is 1. The van der Waals surface area contributed by atoms with E-state index in [1.54, 1.807) is 0 Å². The Kier molecular flexibility index (Phi) is 4.66. The first-order valence-corrected chi connectivity index (χ1v) is 9.19. The third-order valence-electron chi connectivity index (χ3n) is 5.27. The molecule has 128 valence electrons. The molecule has 4 rings (SSSR count). The minimum atomic E-state index is 0.503. The molecule has 0 amide bonds. The highest BCUT2D eigenvalue weighted by Gasteiger charge is 2.19. The summed E-state index contributed by atoms with van der Waals surface area (Å²) in [5.74, 6) is 0. The van der Waals surface area contributed by atoms with Crippen molar-refractivity contribution in [2.75, 3.05) is 13.1 Å². The quantitative estimate of drug-likeness (QED) is 0.672. The van der Waals surface area contributed by atoms with Crippen LogP contribution in [-0.2, 0) is 6.54 Å². The molecule has 0 radical (unpaired) electrons. The molecule has 3 heteroatoms. The summed E-state index contributed by atoms with van der Waals surface area (Å²) in [4.78, 5) is 6.69. The maximum absolute atomic E-state index is 4.10. The molecule has 1 aromatic heterocycles.